The summed E-state index contributed by atoms with van der Waals surface area (Å²) in [7, 11) is -3.41. The quantitative estimate of drug-likeness (QED) is 0.899. The van der Waals surface area contributed by atoms with E-state index in [1.807, 2.05) is 31.2 Å². The number of piperidine rings is 1. The summed E-state index contributed by atoms with van der Waals surface area (Å²) in [5.74, 6) is -0.120. The summed E-state index contributed by atoms with van der Waals surface area (Å²) in [4.78, 5) is 10.9. The minimum atomic E-state index is -3.41. The molecule has 1 aromatic rings. The van der Waals surface area contributed by atoms with Crippen molar-refractivity contribution in [2.24, 2.45) is 11.7 Å². The highest BCUT2D eigenvalue weighted by molar-refractivity contribution is 7.92. The Morgan fingerprint density at radius 1 is 1.27 bits per heavy atom. The number of carbonyl (C=O) groups is 1. The molecule has 0 aromatic heterocycles. The molecule has 0 aliphatic carbocycles. The first kappa shape index (κ1) is 16.7. The Bertz CT molecular complexity index is 642. The standard InChI is InChI=1S/C16H22N2O3S/c1-13-2-4-14(5-3-13)8-11-22(20,21)18-9-6-15(7-10-18)12-16(17)19/h2-5,8,11,15H,6-7,9-10,12H2,1H3,(H2,17,19)/b11-8+. The second-order valence-corrected chi connectivity index (χ2v) is 7.59. The number of sulfonamides is 1. The highest BCUT2D eigenvalue weighted by atomic mass is 32.2. The third-order valence-electron chi connectivity index (χ3n) is 3.93. The van der Waals surface area contributed by atoms with Crippen LogP contribution in [0.3, 0.4) is 0 Å². The molecular weight excluding hydrogens is 300 g/mol. The minimum absolute atomic E-state index is 0.199. The maximum Gasteiger partial charge on any atom is 0.236 e. The van der Waals surface area contributed by atoms with Gasteiger partial charge in [-0.05, 0) is 37.3 Å². The molecule has 2 N–H and O–H groups in total. The molecule has 0 saturated carbocycles. The van der Waals surface area contributed by atoms with Crippen molar-refractivity contribution in [1.29, 1.82) is 0 Å². The van der Waals surface area contributed by atoms with Gasteiger partial charge < -0.3 is 5.73 Å². The van der Waals surface area contributed by atoms with Gasteiger partial charge in [0.1, 0.15) is 0 Å². The predicted molar refractivity (Wildman–Crippen MR) is 87.2 cm³/mol. The molecule has 1 amide bonds. The normalized spacial score (nSPS) is 17.9. The van der Waals surface area contributed by atoms with E-state index in [0.717, 1.165) is 11.1 Å². The number of aryl methyl sites for hydroxylation is 1. The fourth-order valence-corrected chi connectivity index (χ4v) is 3.80. The lowest BCUT2D eigenvalue weighted by Crippen LogP contribution is -2.38. The molecule has 0 radical (unpaired) electrons. The maximum absolute atomic E-state index is 12.3. The van der Waals surface area contributed by atoms with E-state index in [1.165, 1.54) is 9.71 Å². The number of nitrogens with two attached hydrogens (primary N) is 1. The van der Waals surface area contributed by atoms with Crippen LogP contribution in [0.25, 0.3) is 6.08 Å². The summed E-state index contributed by atoms with van der Waals surface area (Å²) in [5.41, 5.74) is 7.18. The minimum Gasteiger partial charge on any atom is -0.370 e. The topological polar surface area (TPSA) is 80.5 Å². The molecule has 2 rings (SSSR count). The zero-order valence-electron chi connectivity index (χ0n) is 12.7. The van der Waals surface area contributed by atoms with E-state index >= 15 is 0 Å². The number of primary amides is 1. The molecule has 1 fully saturated rings. The molecule has 0 spiro atoms. The fourth-order valence-electron chi connectivity index (χ4n) is 2.58. The molecule has 0 atom stereocenters. The van der Waals surface area contributed by atoms with Crippen LogP contribution in [0.15, 0.2) is 29.7 Å². The molecule has 1 aliphatic rings. The van der Waals surface area contributed by atoms with Crippen LogP contribution in [-0.4, -0.2) is 31.7 Å². The van der Waals surface area contributed by atoms with E-state index in [0.29, 0.717) is 32.4 Å². The SMILES string of the molecule is Cc1ccc(/C=C/S(=O)(=O)N2CCC(CC(N)=O)CC2)cc1. The van der Waals surface area contributed by atoms with Gasteiger partial charge in [-0.25, -0.2) is 8.42 Å². The van der Waals surface area contributed by atoms with Crippen molar-refractivity contribution < 1.29 is 13.2 Å². The van der Waals surface area contributed by atoms with Crippen LogP contribution in [0.5, 0.6) is 0 Å². The van der Waals surface area contributed by atoms with E-state index in [1.54, 1.807) is 6.08 Å². The van der Waals surface area contributed by atoms with Crippen LogP contribution < -0.4 is 5.73 Å². The summed E-state index contributed by atoms with van der Waals surface area (Å²) in [6.45, 7) is 2.87. The van der Waals surface area contributed by atoms with E-state index < -0.39 is 10.0 Å². The van der Waals surface area contributed by atoms with Gasteiger partial charge in [0.2, 0.25) is 15.9 Å². The predicted octanol–water partition coefficient (Wildman–Crippen LogP) is 1.88. The lowest BCUT2D eigenvalue weighted by atomic mass is 9.94. The first-order valence-corrected chi connectivity index (χ1v) is 8.90. The van der Waals surface area contributed by atoms with Crippen molar-refractivity contribution in [2.45, 2.75) is 26.2 Å². The van der Waals surface area contributed by atoms with Crippen LogP contribution in [0.4, 0.5) is 0 Å². The van der Waals surface area contributed by atoms with Crippen LogP contribution in [0.2, 0.25) is 0 Å². The molecule has 0 bridgehead atoms. The third-order valence-corrected chi connectivity index (χ3v) is 5.50. The van der Waals surface area contributed by atoms with Gasteiger partial charge in [0, 0.05) is 24.9 Å². The average Bonchev–Trinajstić information content (AvgIpc) is 2.47. The van der Waals surface area contributed by atoms with Gasteiger partial charge in [-0.1, -0.05) is 29.8 Å². The molecule has 5 nitrogen and oxygen atoms in total. The number of nitrogens with zero attached hydrogens (tertiary/aromatic N) is 1. The van der Waals surface area contributed by atoms with Gasteiger partial charge in [0.25, 0.3) is 0 Å². The van der Waals surface area contributed by atoms with Crippen molar-refractivity contribution in [1.82, 2.24) is 4.31 Å². The van der Waals surface area contributed by atoms with Gasteiger partial charge in [-0.15, -0.1) is 0 Å². The van der Waals surface area contributed by atoms with Crippen molar-refractivity contribution in [3.05, 3.63) is 40.8 Å². The summed E-state index contributed by atoms with van der Waals surface area (Å²) in [6, 6.07) is 7.67. The molecule has 1 heterocycles. The largest absolute Gasteiger partial charge is 0.370 e. The molecule has 1 aliphatic heterocycles. The van der Waals surface area contributed by atoms with Crippen LogP contribution >= 0.6 is 0 Å². The lowest BCUT2D eigenvalue weighted by molar-refractivity contribution is -0.119. The number of benzene rings is 1. The first-order chi connectivity index (χ1) is 10.4. The smallest absolute Gasteiger partial charge is 0.236 e. The van der Waals surface area contributed by atoms with E-state index in [4.69, 9.17) is 5.73 Å². The van der Waals surface area contributed by atoms with Crippen molar-refractivity contribution in [2.75, 3.05) is 13.1 Å². The molecule has 120 valence electrons. The summed E-state index contributed by atoms with van der Waals surface area (Å²) in [6.07, 6.45) is 3.32. The first-order valence-electron chi connectivity index (χ1n) is 7.40. The molecule has 22 heavy (non-hydrogen) atoms. The van der Waals surface area contributed by atoms with Crippen LogP contribution in [0.1, 0.15) is 30.4 Å². The zero-order valence-corrected chi connectivity index (χ0v) is 13.6. The molecule has 1 aromatic carbocycles. The van der Waals surface area contributed by atoms with Crippen molar-refractivity contribution in [3.8, 4) is 0 Å². The van der Waals surface area contributed by atoms with Crippen LogP contribution in [-0.2, 0) is 14.8 Å². The summed E-state index contributed by atoms with van der Waals surface area (Å²) in [5, 5.41) is 1.26. The summed E-state index contributed by atoms with van der Waals surface area (Å²) < 4.78 is 26.1. The Labute approximate surface area is 131 Å². The number of rotatable bonds is 5. The highest BCUT2D eigenvalue weighted by Crippen LogP contribution is 2.23. The van der Waals surface area contributed by atoms with E-state index in [2.05, 4.69) is 0 Å². The lowest BCUT2D eigenvalue weighted by Gasteiger charge is -2.29. The van der Waals surface area contributed by atoms with Crippen LogP contribution in [0, 0.1) is 12.8 Å². The maximum atomic E-state index is 12.3. The second-order valence-electron chi connectivity index (χ2n) is 5.77. The Hall–Kier alpha value is -1.66. The Morgan fingerprint density at radius 3 is 2.41 bits per heavy atom. The monoisotopic (exact) mass is 322 g/mol. The molecule has 6 heteroatoms. The zero-order chi connectivity index (χ0) is 16.2. The average molecular weight is 322 g/mol. The van der Waals surface area contributed by atoms with Gasteiger partial charge >= 0.3 is 0 Å². The third kappa shape index (κ3) is 4.68. The Kier molecular flexibility index (Phi) is 5.37. The number of carbonyl (C=O) groups excluding carboxylic acids is 1. The summed E-state index contributed by atoms with van der Waals surface area (Å²) >= 11 is 0. The Morgan fingerprint density at radius 2 is 1.86 bits per heavy atom. The van der Waals surface area contributed by atoms with Gasteiger partial charge in [0.05, 0.1) is 0 Å². The van der Waals surface area contributed by atoms with Crippen molar-refractivity contribution in [3.63, 3.8) is 0 Å². The van der Waals surface area contributed by atoms with Crippen molar-refractivity contribution >= 4 is 22.0 Å². The Balaban J connectivity index is 1.96. The fraction of sp³-hybridized carbons (Fsp3) is 0.438. The molecule has 0 unspecified atom stereocenters. The number of hydrogen-bond donors (Lipinski definition) is 1. The molecular formula is C16H22N2O3S. The number of hydrogen-bond acceptors (Lipinski definition) is 3. The van der Waals surface area contributed by atoms with Gasteiger partial charge in [0.15, 0.2) is 0 Å². The molecule has 1 saturated heterocycles. The van der Waals surface area contributed by atoms with Gasteiger partial charge in [-0.2, -0.15) is 4.31 Å². The van der Waals surface area contributed by atoms with E-state index in [-0.39, 0.29) is 11.8 Å². The highest BCUT2D eigenvalue weighted by Gasteiger charge is 2.26. The van der Waals surface area contributed by atoms with Gasteiger partial charge in [-0.3, -0.25) is 4.79 Å². The van der Waals surface area contributed by atoms with E-state index in [9.17, 15) is 13.2 Å². The number of amides is 1. The second kappa shape index (κ2) is 7.07.